The number of aryl methyl sites for hydroxylation is 1. The summed E-state index contributed by atoms with van der Waals surface area (Å²) in [7, 11) is 0. The van der Waals surface area contributed by atoms with Crippen LogP contribution in [0, 0.1) is 6.92 Å². The fourth-order valence-corrected chi connectivity index (χ4v) is 2.63. The van der Waals surface area contributed by atoms with Crippen LogP contribution < -0.4 is 5.32 Å². The maximum Gasteiger partial charge on any atom is 0.224 e. The zero-order valence-corrected chi connectivity index (χ0v) is 11.2. The van der Waals surface area contributed by atoms with Crippen LogP contribution in [-0.4, -0.2) is 9.97 Å². The zero-order valence-electron chi connectivity index (χ0n) is 9.64. The van der Waals surface area contributed by atoms with Crippen molar-refractivity contribution in [3.8, 4) is 0 Å². The van der Waals surface area contributed by atoms with Crippen molar-refractivity contribution in [1.29, 1.82) is 0 Å². The van der Waals surface area contributed by atoms with Gasteiger partial charge in [0.05, 0.1) is 0 Å². The van der Waals surface area contributed by atoms with Gasteiger partial charge < -0.3 is 5.32 Å². The first kappa shape index (κ1) is 11.4. The Morgan fingerprint density at radius 3 is 3.06 bits per heavy atom. The number of hydrogen-bond acceptors (Lipinski definition) is 4. The van der Waals surface area contributed by atoms with Crippen molar-refractivity contribution in [2.24, 2.45) is 0 Å². The molecule has 2 aromatic heterocycles. The van der Waals surface area contributed by atoms with Crippen LogP contribution in [-0.2, 0) is 0 Å². The van der Waals surface area contributed by atoms with Crippen LogP contribution in [0.5, 0.6) is 0 Å². The third kappa shape index (κ3) is 2.17. The van der Waals surface area contributed by atoms with Crippen LogP contribution in [0.15, 0.2) is 35.8 Å². The van der Waals surface area contributed by atoms with E-state index >= 15 is 0 Å². The van der Waals surface area contributed by atoms with Crippen molar-refractivity contribution in [3.05, 3.63) is 46.7 Å². The number of thiophene rings is 1. The number of benzene rings is 1. The summed E-state index contributed by atoms with van der Waals surface area (Å²) in [5.74, 6) is 0.740. The lowest BCUT2D eigenvalue weighted by Crippen LogP contribution is -1.97. The SMILES string of the molecule is Cc1cnc(Cl)nc1Nc1ccc2sccc2c1. The molecule has 0 saturated carbocycles. The summed E-state index contributed by atoms with van der Waals surface area (Å²) >= 11 is 7.53. The monoisotopic (exact) mass is 275 g/mol. The van der Waals surface area contributed by atoms with Gasteiger partial charge in [-0.25, -0.2) is 9.97 Å². The maximum atomic E-state index is 5.80. The predicted octanol–water partition coefficient (Wildman–Crippen LogP) is 4.40. The predicted molar refractivity (Wildman–Crippen MR) is 76.9 cm³/mol. The Bertz CT molecular complexity index is 708. The number of hydrogen-bond donors (Lipinski definition) is 1. The second kappa shape index (κ2) is 4.55. The fourth-order valence-electron chi connectivity index (χ4n) is 1.73. The molecule has 0 atom stereocenters. The van der Waals surface area contributed by atoms with E-state index in [-0.39, 0.29) is 5.28 Å². The summed E-state index contributed by atoms with van der Waals surface area (Å²) < 4.78 is 1.28. The van der Waals surface area contributed by atoms with Gasteiger partial charge in [-0.05, 0) is 53.6 Å². The summed E-state index contributed by atoms with van der Waals surface area (Å²) in [6.45, 7) is 1.95. The molecular weight excluding hydrogens is 266 g/mol. The molecule has 5 heteroatoms. The van der Waals surface area contributed by atoms with E-state index in [9.17, 15) is 0 Å². The Labute approximate surface area is 113 Å². The van der Waals surface area contributed by atoms with Gasteiger partial charge in [0.2, 0.25) is 5.28 Å². The van der Waals surface area contributed by atoms with E-state index in [2.05, 4.69) is 38.9 Å². The minimum absolute atomic E-state index is 0.250. The summed E-state index contributed by atoms with van der Waals surface area (Å²) in [5, 5.41) is 6.82. The quantitative estimate of drug-likeness (QED) is 0.705. The van der Waals surface area contributed by atoms with Crippen molar-refractivity contribution in [2.75, 3.05) is 5.32 Å². The Hall–Kier alpha value is -1.65. The lowest BCUT2D eigenvalue weighted by Gasteiger charge is -2.08. The molecule has 18 heavy (non-hydrogen) atoms. The number of anilines is 2. The molecule has 3 aromatic rings. The molecule has 0 radical (unpaired) electrons. The van der Waals surface area contributed by atoms with Crippen LogP contribution >= 0.6 is 22.9 Å². The van der Waals surface area contributed by atoms with E-state index in [0.29, 0.717) is 0 Å². The van der Waals surface area contributed by atoms with Gasteiger partial charge in [0.25, 0.3) is 0 Å². The minimum atomic E-state index is 0.250. The molecule has 3 rings (SSSR count). The maximum absolute atomic E-state index is 5.80. The fraction of sp³-hybridized carbons (Fsp3) is 0.0769. The van der Waals surface area contributed by atoms with E-state index in [4.69, 9.17) is 11.6 Å². The summed E-state index contributed by atoms with van der Waals surface area (Å²) in [6.07, 6.45) is 1.71. The van der Waals surface area contributed by atoms with Gasteiger partial charge in [0.1, 0.15) is 5.82 Å². The minimum Gasteiger partial charge on any atom is -0.340 e. The lowest BCUT2D eigenvalue weighted by atomic mass is 10.2. The normalized spacial score (nSPS) is 10.8. The first-order valence-electron chi connectivity index (χ1n) is 5.46. The van der Waals surface area contributed by atoms with Gasteiger partial charge in [-0.15, -0.1) is 11.3 Å². The molecule has 1 aromatic carbocycles. The third-order valence-electron chi connectivity index (χ3n) is 2.66. The van der Waals surface area contributed by atoms with E-state index in [1.54, 1.807) is 17.5 Å². The van der Waals surface area contributed by atoms with E-state index in [1.165, 1.54) is 10.1 Å². The van der Waals surface area contributed by atoms with Crippen LogP contribution in [0.1, 0.15) is 5.56 Å². The smallest absolute Gasteiger partial charge is 0.224 e. The molecule has 0 aliphatic heterocycles. The zero-order chi connectivity index (χ0) is 12.5. The first-order valence-corrected chi connectivity index (χ1v) is 6.71. The van der Waals surface area contributed by atoms with Crippen molar-refractivity contribution < 1.29 is 0 Å². The molecule has 0 unspecified atom stereocenters. The number of halogens is 1. The number of nitrogens with one attached hydrogen (secondary N) is 1. The standard InChI is InChI=1S/C13H10ClN3S/c1-8-7-15-13(14)17-12(8)16-10-2-3-11-9(6-10)4-5-18-11/h2-7H,1H3,(H,15,16,17). The molecule has 0 spiro atoms. The number of nitrogens with zero attached hydrogens (tertiary/aromatic N) is 2. The molecule has 0 aliphatic carbocycles. The Morgan fingerprint density at radius 2 is 2.17 bits per heavy atom. The Kier molecular flexibility index (Phi) is 2.89. The van der Waals surface area contributed by atoms with Crippen molar-refractivity contribution in [1.82, 2.24) is 9.97 Å². The average molecular weight is 276 g/mol. The Morgan fingerprint density at radius 1 is 1.28 bits per heavy atom. The second-order valence-electron chi connectivity index (χ2n) is 3.97. The highest BCUT2D eigenvalue weighted by Gasteiger charge is 2.04. The van der Waals surface area contributed by atoms with Gasteiger partial charge in [0, 0.05) is 22.1 Å². The van der Waals surface area contributed by atoms with Gasteiger partial charge in [-0.1, -0.05) is 0 Å². The molecule has 0 amide bonds. The molecule has 90 valence electrons. The largest absolute Gasteiger partial charge is 0.340 e. The van der Waals surface area contributed by atoms with Gasteiger partial charge in [-0.3, -0.25) is 0 Å². The number of rotatable bonds is 2. The molecule has 2 heterocycles. The molecule has 0 fully saturated rings. The molecule has 0 aliphatic rings. The van der Waals surface area contributed by atoms with Gasteiger partial charge in [-0.2, -0.15) is 0 Å². The highest BCUT2D eigenvalue weighted by atomic mass is 35.5. The van der Waals surface area contributed by atoms with Gasteiger partial charge in [0.15, 0.2) is 0 Å². The van der Waals surface area contributed by atoms with Gasteiger partial charge >= 0.3 is 0 Å². The lowest BCUT2D eigenvalue weighted by molar-refractivity contribution is 1.13. The van der Waals surface area contributed by atoms with Crippen molar-refractivity contribution in [3.63, 3.8) is 0 Å². The van der Waals surface area contributed by atoms with Crippen LogP contribution in [0.25, 0.3) is 10.1 Å². The summed E-state index contributed by atoms with van der Waals surface area (Å²) in [5.41, 5.74) is 1.96. The number of aromatic nitrogens is 2. The van der Waals surface area contributed by atoms with Crippen LogP contribution in [0.3, 0.4) is 0 Å². The van der Waals surface area contributed by atoms with Crippen molar-refractivity contribution >= 4 is 44.5 Å². The summed E-state index contributed by atoms with van der Waals surface area (Å²) in [4.78, 5) is 8.12. The first-order chi connectivity index (χ1) is 8.72. The third-order valence-corrected chi connectivity index (χ3v) is 3.74. The number of fused-ring (bicyclic) bond motifs is 1. The highest BCUT2D eigenvalue weighted by Crippen LogP contribution is 2.26. The molecule has 0 saturated heterocycles. The molecular formula is C13H10ClN3S. The van der Waals surface area contributed by atoms with E-state index < -0.39 is 0 Å². The molecule has 0 bridgehead atoms. The van der Waals surface area contributed by atoms with Crippen LogP contribution in [0.2, 0.25) is 5.28 Å². The topological polar surface area (TPSA) is 37.8 Å². The van der Waals surface area contributed by atoms with Crippen molar-refractivity contribution in [2.45, 2.75) is 6.92 Å². The highest BCUT2D eigenvalue weighted by molar-refractivity contribution is 7.17. The van der Waals surface area contributed by atoms with E-state index in [0.717, 1.165) is 17.1 Å². The van der Waals surface area contributed by atoms with Crippen LogP contribution in [0.4, 0.5) is 11.5 Å². The van der Waals surface area contributed by atoms with E-state index in [1.807, 2.05) is 13.0 Å². The Balaban J connectivity index is 1.97. The second-order valence-corrected chi connectivity index (χ2v) is 5.25. The molecule has 1 N–H and O–H groups in total. The average Bonchev–Trinajstić information content (AvgIpc) is 2.81. The molecule has 3 nitrogen and oxygen atoms in total. The summed E-state index contributed by atoms with van der Waals surface area (Å²) in [6, 6.07) is 8.33.